The lowest BCUT2D eigenvalue weighted by molar-refractivity contribution is 0.405. The molecule has 0 atom stereocenters. The Morgan fingerprint density at radius 1 is 0.277 bits per heavy atom. The number of rotatable bonds is 4. The molecule has 0 saturated carbocycles. The topological polar surface area (TPSA) is 71.0 Å². The number of benzene rings is 12. The highest BCUT2D eigenvalue weighted by Crippen LogP contribution is 2.55. The number of methoxy groups -OCH3 is 2. The quantitative estimate of drug-likeness (QED) is 0.175. The summed E-state index contributed by atoms with van der Waals surface area (Å²) >= 11 is 0. The molecule has 0 spiro atoms. The van der Waals surface area contributed by atoms with E-state index in [2.05, 4.69) is 277 Å². The SMILES string of the molecule is COc1c2cc(C(C)(C)C)cc1Cc1cc(C(C)(C)C)cc(c1-p1oc3ccc4ccccc4c3c3c(ccc4ccccc43)o1)Cc1cc(C(C)(C)C)cc(c1OC)Cc1cc(C(C)(C)C)cc(c1-p1oc3ccc4ccccc4c3c3c(ccc4ccccc43)o1)C2. The van der Waals surface area contributed by atoms with Gasteiger partial charge in [0.1, 0.15) is 33.8 Å². The van der Waals surface area contributed by atoms with Gasteiger partial charge in [-0.3, -0.25) is 0 Å². The summed E-state index contributed by atoms with van der Waals surface area (Å²) in [6.45, 7) is 27.9. The molecular weight excluding hydrogens is 1190 g/mol. The van der Waals surface area contributed by atoms with E-state index >= 15 is 0 Å². The van der Waals surface area contributed by atoms with Gasteiger partial charge in [-0.15, -0.1) is 0 Å². The Labute approximate surface area is 553 Å². The lowest BCUT2D eigenvalue weighted by atomic mass is 9.79. The summed E-state index contributed by atoms with van der Waals surface area (Å²) in [6.07, 6.45) is 2.13. The molecule has 0 N–H and O–H groups in total. The van der Waals surface area contributed by atoms with Crippen molar-refractivity contribution >= 4 is 103 Å². The van der Waals surface area contributed by atoms with Crippen LogP contribution in [0.1, 0.15) is 150 Å². The standard InChI is InChI=1S/C86H82O6P2/c1-83(2,3)63-43-55-39-59-47-65(85(7,8)9)49-61(81(59)93-89-71-35-31-51-23-15-19-27-67(51)75(71)76-68-28-20-16-24-52(68)32-36-72(76)90-93)41-57-45-64(84(4,5)6)46-58(80(57)88-14)42-62-50-66(86(10,11)12)48-60(40-56(44-63)79(55)87-13)82(62)94-91-73-37-33-53-25-17-21-29-69(53)77(73)78-70-30-22-18-26-54(70)34-38-74(78)92-94/h15-38,43-50H,39-42H2,1-14H3. The van der Waals surface area contributed by atoms with Gasteiger partial charge >= 0.3 is 0 Å². The van der Waals surface area contributed by atoms with Crippen molar-refractivity contribution in [3.8, 4) is 22.1 Å². The van der Waals surface area contributed by atoms with E-state index in [-0.39, 0.29) is 21.7 Å². The van der Waals surface area contributed by atoms with Gasteiger partial charge in [-0.1, -0.05) is 253 Å². The van der Waals surface area contributed by atoms with Crippen molar-refractivity contribution in [2.75, 3.05) is 14.2 Å². The molecule has 12 aromatic carbocycles. The van der Waals surface area contributed by atoms with Crippen LogP contribution in [0, 0.1) is 0 Å². The predicted molar refractivity (Wildman–Crippen MR) is 397 cm³/mol. The molecule has 0 unspecified atom stereocenters. The highest BCUT2D eigenvalue weighted by molar-refractivity contribution is 7.46. The summed E-state index contributed by atoms with van der Waals surface area (Å²) in [6, 6.07) is 71.5. The van der Waals surface area contributed by atoms with Crippen molar-refractivity contribution in [3.05, 3.63) is 261 Å². The third-order valence-electron chi connectivity index (χ3n) is 19.6. The fourth-order valence-corrected chi connectivity index (χ4v) is 17.8. The second kappa shape index (κ2) is 22.9. The second-order valence-corrected chi connectivity index (χ2v) is 32.8. The van der Waals surface area contributed by atoms with Crippen molar-refractivity contribution in [2.24, 2.45) is 0 Å². The lowest BCUT2D eigenvalue weighted by Gasteiger charge is -2.28. The van der Waals surface area contributed by atoms with E-state index in [0.717, 1.165) is 154 Å². The van der Waals surface area contributed by atoms with E-state index in [9.17, 15) is 0 Å². The van der Waals surface area contributed by atoms with Crippen LogP contribution in [-0.2, 0) is 47.3 Å². The van der Waals surface area contributed by atoms with Crippen molar-refractivity contribution in [3.63, 3.8) is 0 Å². The lowest BCUT2D eigenvalue weighted by Crippen LogP contribution is -2.16. The van der Waals surface area contributed by atoms with Gasteiger partial charge in [-0.2, -0.15) is 0 Å². The molecule has 15 rings (SSSR count). The van der Waals surface area contributed by atoms with E-state index in [1.54, 1.807) is 0 Å². The van der Waals surface area contributed by atoms with Gasteiger partial charge in [0.25, 0.3) is 16.0 Å². The van der Waals surface area contributed by atoms with E-state index in [1.807, 2.05) is 14.2 Å². The minimum Gasteiger partial charge on any atom is -0.496 e. The largest absolute Gasteiger partial charge is 0.496 e. The number of ether oxygens (including phenoxy) is 2. The van der Waals surface area contributed by atoms with E-state index in [4.69, 9.17) is 26.3 Å². The number of hydrogen-bond acceptors (Lipinski definition) is 6. The molecule has 0 aliphatic heterocycles. The Hall–Kier alpha value is -8.92. The molecule has 8 bridgehead atoms. The first-order valence-electron chi connectivity index (χ1n) is 33.1. The van der Waals surface area contributed by atoms with Crippen LogP contribution in [0.15, 0.2) is 211 Å². The highest BCUT2D eigenvalue weighted by atomic mass is 31.1. The minimum absolute atomic E-state index is 0.238. The van der Waals surface area contributed by atoms with Crippen molar-refractivity contribution in [2.45, 2.75) is 130 Å². The summed E-state index contributed by atoms with van der Waals surface area (Å²) < 4.78 is 44.9. The van der Waals surface area contributed by atoms with Crippen molar-refractivity contribution < 1.29 is 26.3 Å². The summed E-state index contributed by atoms with van der Waals surface area (Å²) in [7, 11) is -0.0736. The first-order valence-corrected chi connectivity index (χ1v) is 35.5. The third-order valence-corrected chi connectivity index (χ3v) is 22.9. The summed E-state index contributed by atoms with van der Waals surface area (Å²) in [5, 5.41) is 15.3. The normalized spacial score (nSPS) is 13.3. The summed E-state index contributed by atoms with van der Waals surface area (Å²) in [5.41, 5.74) is 16.0. The van der Waals surface area contributed by atoms with Gasteiger partial charge < -0.3 is 26.3 Å². The molecule has 94 heavy (non-hydrogen) atoms. The first-order chi connectivity index (χ1) is 45.0. The van der Waals surface area contributed by atoms with Crippen molar-refractivity contribution in [1.82, 2.24) is 0 Å². The van der Waals surface area contributed by atoms with E-state index in [1.165, 1.54) is 22.3 Å². The van der Waals surface area contributed by atoms with Crippen LogP contribution >= 0.6 is 16.0 Å². The van der Waals surface area contributed by atoms with Gasteiger partial charge in [0.05, 0.1) is 24.8 Å². The molecule has 1 aliphatic carbocycles. The van der Waals surface area contributed by atoms with Crippen molar-refractivity contribution in [1.29, 1.82) is 0 Å². The molecule has 14 aromatic rings. The van der Waals surface area contributed by atoms with E-state index in [0.29, 0.717) is 25.7 Å². The van der Waals surface area contributed by atoms with Crippen LogP contribution < -0.4 is 9.47 Å². The average Bonchev–Trinajstić information content (AvgIpc) is 1.73. The molecule has 2 aromatic heterocycles. The van der Waals surface area contributed by atoms with E-state index < -0.39 is 16.0 Å². The molecule has 6 nitrogen and oxygen atoms in total. The molecule has 0 amide bonds. The third kappa shape index (κ3) is 10.9. The Balaban J connectivity index is 1.09. The van der Waals surface area contributed by atoms with Crippen LogP contribution in [0.2, 0.25) is 0 Å². The summed E-state index contributed by atoms with van der Waals surface area (Å²) in [4.78, 5) is 0. The Bertz CT molecular complexity index is 4890. The van der Waals surface area contributed by atoms with Gasteiger partial charge in [-0.05, 0) is 156 Å². The Morgan fingerprint density at radius 2 is 0.489 bits per heavy atom. The number of fused-ring (bicyclic) bond motifs is 22. The molecule has 0 saturated heterocycles. The maximum absolute atomic E-state index is 7.74. The first kappa shape index (κ1) is 61.3. The van der Waals surface area contributed by atoms with Crippen LogP contribution in [0.25, 0.3) is 97.6 Å². The predicted octanol–water partition coefficient (Wildman–Crippen LogP) is 25.4. The Kier molecular flexibility index (Phi) is 14.9. The zero-order valence-electron chi connectivity index (χ0n) is 56.6. The number of hydrogen-bond donors (Lipinski definition) is 0. The monoisotopic (exact) mass is 1270 g/mol. The maximum Gasteiger partial charge on any atom is 0.253 e. The molecule has 0 radical (unpaired) electrons. The van der Waals surface area contributed by atoms with Crippen LogP contribution in [0.5, 0.6) is 11.5 Å². The average molecular weight is 1270 g/mol. The van der Waals surface area contributed by atoms with Crippen LogP contribution in [-0.4, -0.2) is 14.2 Å². The highest BCUT2D eigenvalue weighted by Gasteiger charge is 2.32. The Morgan fingerprint density at radius 3 is 0.702 bits per heavy atom. The summed E-state index contributed by atoms with van der Waals surface area (Å²) in [5.74, 6) is 1.72. The maximum atomic E-state index is 7.74. The molecular formula is C86H82O6P2. The second-order valence-electron chi connectivity index (χ2n) is 30.2. The van der Waals surface area contributed by atoms with Crippen LogP contribution in [0.4, 0.5) is 0 Å². The minimum atomic E-state index is -1.89. The molecule has 0 fully saturated rings. The van der Waals surface area contributed by atoms with Gasteiger partial charge in [0.15, 0.2) is 0 Å². The van der Waals surface area contributed by atoms with Gasteiger partial charge in [0, 0.05) is 47.2 Å². The molecule has 472 valence electrons. The zero-order chi connectivity index (χ0) is 65.3. The smallest absolute Gasteiger partial charge is 0.253 e. The fourth-order valence-electron chi connectivity index (χ4n) is 14.6. The van der Waals surface area contributed by atoms with Gasteiger partial charge in [0.2, 0.25) is 0 Å². The zero-order valence-corrected chi connectivity index (χ0v) is 58.4. The van der Waals surface area contributed by atoms with Crippen LogP contribution in [0.3, 0.4) is 0 Å². The molecule has 1 aliphatic rings. The fraction of sp³-hybridized carbons (Fsp3) is 0.256. The van der Waals surface area contributed by atoms with Gasteiger partial charge in [-0.25, -0.2) is 0 Å². The molecule has 2 heterocycles. The molecule has 8 heteroatoms.